The van der Waals surface area contributed by atoms with Gasteiger partial charge >= 0.3 is 11.7 Å². The normalized spacial score (nSPS) is 34.4. The first-order valence-corrected chi connectivity index (χ1v) is 9.50. The molecule has 0 saturated carbocycles. The molecular weight excluding hydrogens is 380 g/mol. The zero-order valence-electron chi connectivity index (χ0n) is 16.7. The van der Waals surface area contributed by atoms with Gasteiger partial charge in [0.2, 0.25) is 0 Å². The lowest BCUT2D eigenvalue weighted by atomic mass is 10.1. The van der Waals surface area contributed by atoms with Crippen molar-refractivity contribution in [3.05, 3.63) is 41.4 Å². The highest BCUT2D eigenvalue weighted by molar-refractivity contribution is 6.40. The van der Waals surface area contributed by atoms with Gasteiger partial charge in [0.05, 0.1) is 12.2 Å². The second-order valence-corrected chi connectivity index (χ2v) is 8.12. The van der Waals surface area contributed by atoms with Crippen molar-refractivity contribution in [2.24, 2.45) is 0 Å². The van der Waals surface area contributed by atoms with Gasteiger partial charge in [0, 0.05) is 0 Å². The van der Waals surface area contributed by atoms with E-state index in [0.717, 1.165) is 0 Å². The molecule has 3 aliphatic heterocycles. The Morgan fingerprint density at radius 1 is 1.07 bits per heavy atom. The first kappa shape index (κ1) is 20.2. The predicted molar refractivity (Wildman–Crippen MR) is 97.7 cm³/mol. The Morgan fingerprint density at radius 2 is 1.79 bits per heavy atom. The van der Waals surface area contributed by atoms with Crippen LogP contribution in [0.15, 0.2) is 30.3 Å². The fourth-order valence-corrected chi connectivity index (χ4v) is 3.81. The van der Waals surface area contributed by atoms with Crippen LogP contribution in [0.4, 0.5) is 0 Å². The molecule has 156 valence electrons. The molecule has 29 heavy (non-hydrogen) atoms. The minimum absolute atomic E-state index is 0.213. The Kier molecular flexibility index (Phi) is 5.06. The molecule has 0 aromatic heterocycles. The monoisotopic (exact) mass is 404 g/mol. The first-order valence-electron chi connectivity index (χ1n) is 9.50. The molecule has 4 rings (SSSR count). The van der Waals surface area contributed by atoms with Crippen molar-refractivity contribution in [2.45, 2.75) is 70.0 Å². The van der Waals surface area contributed by atoms with Gasteiger partial charge in [0.1, 0.15) is 12.2 Å². The number of nitrogens with zero attached hydrogens (tertiary/aromatic N) is 2. The number of carbonyl (C=O) groups excluding carboxylic acids is 1. The van der Waals surface area contributed by atoms with E-state index in [2.05, 4.69) is 4.79 Å². The van der Waals surface area contributed by atoms with E-state index in [-0.39, 0.29) is 12.3 Å². The maximum Gasteiger partial charge on any atom is 0.422 e. The van der Waals surface area contributed by atoms with Crippen LogP contribution in [0.25, 0.3) is 5.53 Å². The van der Waals surface area contributed by atoms with Crippen LogP contribution in [0.1, 0.15) is 33.3 Å². The molecule has 9 nitrogen and oxygen atoms in total. The number of fused-ring (bicyclic) bond motifs is 1. The summed E-state index contributed by atoms with van der Waals surface area (Å²) >= 11 is 0. The molecule has 1 unspecified atom stereocenters. The van der Waals surface area contributed by atoms with E-state index in [1.54, 1.807) is 58.0 Å². The third kappa shape index (κ3) is 3.98. The molecule has 3 fully saturated rings. The zero-order chi connectivity index (χ0) is 20.8. The summed E-state index contributed by atoms with van der Waals surface area (Å²) in [4.78, 5) is 16.0. The first-order chi connectivity index (χ1) is 13.7. The Morgan fingerprint density at radius 3 is 2.41 bits per heavy atom. The number of benzene rings is 1. The van der Waals surface area contributed by atoms with Crippen LogP contribution >= 0.6 is 0 Å². The summed E-state index contributed by atoms with van der Waals surface area (Å²) in [5.74, 6) is -2.46. The van der Waals surface area contributed by atoms with Gasteiger partial charge in [0.25, 0.3) is 0 Å². The van der Waals surface area contributed by atoms with Gasteiger partial charge in [-0.2, -0.15) is 4.79 Å². The SMILES string of the molecule is CC1(C)OC[C@H]([C@H]2OC3OC(C)(C)O[C@@H]3[C@@H]2OC(=O)C(=[N+]=[N-])c2ccccc2)O1. The summed E-state index contributed by atoms with van der Waals surface area (Å²) in [6, 6.07) is 8.55. The average Bonchev–Trinajstić information content (AvgIpc) is 3.27. The maximum atomic E-state index is 12.8. The summed E-state index contributed by atoms with van der Waals surface area (Å²) in [5.41, 5.74) is 9.61. The number of hydrogen-bond acceptors (Lipinski definition) is 7. The summed E-state index contributed by atoms with van der Waals surface area (Å²) in [6.45, 7) is 7.38. The van der Waals surface area contributed by atoms with Crippen molar-refractivity contribution >= 4 is 11.7 Å². The Bertz CT molecular complexity index is 834. The van der Waals surface area contributed by atoms with Crippen molar-refractivity contribution in [3.8, 4) is 0 Å². The standard InChI is InChI=1S/C20H24N2O7/c1-19(2)24-10-12(27-19)14-15(16-18(26-14)29-20(3,4)28-16)25-17(23)13(22-21)11-8-6-5-7-9-11/h5-9,12,14-16,18H,10H2,1-4H3/t12-,14-,15-,16-,18?/m1/s1. The molecule has 1 aromatic carbocycles. The van der Waals surface area contributed by atoms with Crippen molar-refractivity contribution < 1.29 is 38.0 Å². The van der Waals surface area contributed by atoms with E-state index in [1.807, 2.05) is 0 Å². The summed E-state index contributed by atoms with van der Waals surface area (Å²) in [6.07, 6.45) is -3.34. The third-order valence-electron chi connectivity index (χ3n) is 5.01. The van der Waals surface area contributed by atoms with Gasteiger partial charge in [-0.1, -0.05) is 18.2 Å². The molecule has 0 aliphatic carbocycles. The van der Waals surface area contributed by atoms with Gasteiger partial charge < -0.3 is 34.0 Å². The molecule has 3 saturated heterocycles. The fraction of sp³-hybridized carbons (Fsp3) is 0.600. The molecule has 9 heteroatoms. The van der Waals surface area contributed by atoms with E-state index < -0.39 is 48.2 Å². The van der Waals surface area contributed by atoms with Crippen molar-refractivity contribution in [3.63, 3.8) is 0 Å². The lowest BCUT2D eigenvalue weighted by Gasteiger charge is -2.28. The lowest BCUT2D eigenvalue weighted by Crippen LogP contribution is -2.46. The van der Waals surface area contributed by atoms with Crippen LogP contribution in [0, 0.1) is 0 Å². The summed E-state index contributed by atoms with van der Waals surface area (Å²) in [7, 11) is 0. The Labute approximate surface area is 168 Å². The summed E-state index contributed by atoms with van der Waals surface area (Å²) in [5, 5.41) is 0. The highest BCUT2D eigenvalue weighted by Gasteiger charge is 2.60. The molecule has 0 spiro atoms. The van der Waals surface area contributed by atoms with Crippen LogP contribution in [0.2, 0.25) is 0 Å². The lowest BCUT2D eigenvalue weighted by molar-refractivity contribution is -0.234. The third-order valence-corrected chi connectivity index (χ3v) is 5.01. The minimum atomic E-state index is -0.884. The average molecular weight is 404 g/mol. The molecule has 0 bridgehead atoms. The number of carbonyl (C=O) groups is 1. The highest BCUT2D eigenvalue weighted by atomic mass is 16.8. The Balaban J connectivity index is 1.57. The largest absolute Gasteiger partial charge is 0.448 e. The predicted octanol–water partition coefficient (Wildman–Crippen LogP) is 1.65. The van der Waals surface area contributed by atoms with Crippen molar-refractivity contribution in [2.75, 3.05) is 6.61 Å². The van der Waals surface area contributed by atoms with E-state index >= 15 is 0 Å². The highest BCUT2D eigenvalue weighted by Crippen LogP contribution is 2.42. The van der Waals surface area contributed by atoms with Crippen molar-refractivity contribution in [1.82, 2.24) is 0 Å². The van der Waals surface area contributed by atoms with Crippen LogP contribution in [-0.2, 0) is 33.2 Å². The molecule has 5 atom stereocenters. The quantitative estimate of drug-likeness (QED) is 0.325. The molecule has 3 heterocycles. The second kappa shape index (κ2) is 7.28. The van der Waals surface area contributed by atoms with E-state index in [1.165, 1.54) is 0 Å². The van der Waals surface area contributed by atoms with Crippen LogP contribution < -0.4 is 0 Å². The topological polar surface area (TPSA) is 109 Å². The van der Waals surface area contributed by atoms with Crippen molar-refractivity contribution in [1.29, 1.82) is 0 Å². The van der Waals surface area contributed by atoms with Crippen LogP contribution in [0.3, 0.4) is 0 Å². The zero-order valence-corrected chi connectivity index (χ0v) is 16.7. The fourth-order valence-electron chi connectivity index (χ4n) is 3.81. The van der Waals surface area contributed by atoms with Gasteiger partial charge in [-0.3, -0.25) is 0 Å². The smallest absolute Gasteiger partial charge is 0.422 e. The van der Waals surface area contributed by atoms with E-state index in [0.29, 0.717) is 5.56 Å². The second-order valence-electron chi connectivity index (χ2n) is 8.12. The molecule has 0 radical (unpaired) electrons. The number of ether oxygens (including phenoxy) is 6. The Hall–Kier alpha value is -2.13. The number of esters is 1. The molecule has 1 aromatic rings. The van der Waals surface area contributed by atoms with E-state index in [4.69, 9.17) is 28.4 Å². The molecule has 3 aliphatic rings. The maximum absolute atomic E-state index is 12.8. The number of hydrogen-bond donors (Lipinski definition) is 0. The van der Waals surface area contributed by atoms with Crippen LogP contribution in [-0.4, -0.2) is 65.4 Å². The number of rotatable bonds is 4. The van der Waals surface area contributed by atoms with Gasteiger partial charge in [-0.15, -0.1) is 0 Å². The van der Waals surface area contributed by atoms with Crippen LogP contribution in [0.5, 0.6) is 0 Å². The molecule has 0 N–H and O–H groups in total. The molecular formula is C20H24N2O7. The van der Waals surface area contributed by atoms with Gasteiger partial charge in [0.15, 0.2) is 30.1 Å². The van der Waals surface area contributed by atoms with E-state index in [9.17, 15) is 10.3 Å². The van der Waals surface area contributed by atoms with Gasteiger partial charge in [-0.05, 0) is 39.8 Å². The van der Waals surface area contributed by atoms with Gasteiger partial charge in [-0.25, -0.2) is 4.79 Å². The minimum Gasteiger partial charge on any atom is -0.448 e. The summed E-state index contributed by atoms with van der Waals surface area (Å²) < 4.78 is 35.0. The molecule has 0 amide bonds.